The van der Waals surface area contributed by atoms with Gasteiger partial charge in [0.15, 0.2) is 0 Å². The Morgan fingerprint density at radius 2 is 2.29 bits per heavy atom. The highest BCUT2D eigenvalue weighted by Gasteiger charge is 2.17. The maximum atomic E-state index is 12.0. The topological polar surface area (TPSA) is 76.0 Å². The van der Waals surface area contributed by atoms with Crippen LogP contribution in [0.25, 0.3) is 0 Å². The van der Waals surface area contributed by atoms with Crippen molar-refractivity contribution >= 4 is 11.6 Å². The number of amides is 1. The van der Waals surface area contributed by atoms with Crippen molar-refractivity contribution in [3.05, 3.63) is 22.6 Å². The van der Waals surface area contributed by atoms with Crippen LogP contribution in [0, 0.1) is 0 Å². The highest BCUT2D eigenvalue weighted by atomic mass is 16.2. The smallest absolute Gasteiger partial charge is 0.269 e. The molecule has 1 unspecified atom stereocenters. The molecule has 1 aliphatic rings. The molecule has 1 aromatic heterocycles. The number of rotatable bonds is 7. The summed E-state index contributed by atoms with van der Waals surface area (Å²) in [6.45, 7) is 4.00. The molecule has 0 aliphatic heterocycles. The summed E-state index contributed by atoms with van der Waals surface area (Å²) in [7, 11) is 0. The monoisotopic (exact) mass is 292 g/mol. The average molecular weight is 292 g/mol. The van der Waals surface area contributed by atoms with E-state index in [1.54, 1.807) is 6.20 Å². The summed E-state index contributed by atoms with van der Waals surface area (Å²) in [5.74, 6) is -0.176. The fourth-order valence-electron chi connectivity index (χ4n) is 2.38. The third-order valence-electron chi connectivity index (χ3n) is 3.77. The molecule has 6 heteroatoms. The van der Waals surface area contributed by atoms with Gasteiger partial charge in [0.25, 0.3) is 5.56 Å². The largest absolute Gasteiger partial charge is 0.381 e. The van der Waals surface area contributed by atoms with E-state index in [4.69, 9.17) is 0 Å². The summed E-state index contributed by atoms with van der Waals surface area (Å²) in [6, 6.07) is 2.09. The van der Waals surface area contributed by atoms with Crippen LogP contribution >= 0.6 is 0 Å². The van der Waals surface area contributed by atoms with Crippen molar-refractivity contribution in [2.45, 2.75) is 64.6 Å². The van der Waals surface area contributed by atoms with Crippen molar-refractivity contribution in [1.29, 1.82) is 0 Å². The van der Waals surface area contributed by atoms with Gasteiger partial charge in [0.1, 0.15) is 6.54 Å². The average Bonchev–Trinajstić information content (AvgIpc) is 2.37. The van der Waals surface area contributed by atoms with Crippen LogP contribution in [-0.4, -0.2) is 27.8 Å². The van der Waals surface area contributed by atoms with Crippen LogP contribution in [0.2, 0.25) is 0 Å². The van der Waals surface area contributed by atoms with Crippen molar-refractivity contribution in [3.63, 3.8) is 0 Å². The van der Waals surface area contributed by atoms with Gasteiger partial charge in [0, 0.05) is 18.2 Å². The Morgan fingerprint density at radius 3 is 2.86 bits per heavy atom. The molecule has 21 heavy (non-hydrogen) atoms. The van der Waals surface area contributed by atoms with Gasteiger partial charge in [0.05, 0.1) is 11.9 Å². The van der Waals surface area contributed by atoms with E-state index >= 15 is 0 Å². The quantitative estimate of drug-likeness (QED) is 0.799. The minimum Gasteiger partial charge on any atom is -0.381 e. The summed E-state index contributed by atoms with van der Waals surface area (Å²) in [4.78, 5) is 23.8. The first-order valence-corrected chi connectivity index (χ1v) is 7.71. The Balaban J connectivity index is 1.90. The van der Waals surface area contributed by atoms with Crippen LogP contribution in [-0.2, 0) is 11.3 Å². The maximum absolute atomic E-state index is 12.0. The molecule has 1 atom stereocenters. The van der Waals surface area contributed by atoms with Crippen molar-refractivity contribution in [2.24, 2.45) is 0 Å². The third kappa shape index (κ3) is 4.58. The van der Waals surface area contributed by atoms with Gasteiger partial charge in [-0.3, -0.25) is 9.59 Å². The minimum atomic E-state index is -0.252. The lowest BCUT2D eigenvalue weighted by Crippen LogP contribution is -2.38. The van der Waals surface area contributed by atoms with E-state index in [0.29, 0.717) is 6.04 Å². The first-order chi connectivity index (χ1) is 10.1. The van der Waals surface area contributed by atoms with Gasteiger partial charge >= 0.3 is 0 Å². The van der Waals surface area contributed by atoms with Crippen LogP contribution in [0.5, 0.6) is 0 Å². The van der Waals surface area contributed by atoms with E-state index in [1.807, 2.05) is 6.92 Å². The lowest BCUT2D eigenvalue weighted by Gasteiger charge is -2.27. The van der Waals surface area contributed by atoms with Gasteiger partial charge in [-0.2, -0.15) is 5.10 Å². The van der Waals surface area contributed by atoms with Gasteiger partial charge in [0.2, 0.25) is 5.91 Å². The second-order valence-electron chi connectivity index (χ2n) is 5.77. The molecule has 0 spiro atoms. The third-order valence-corrected chi connectivity index (χ3v) is 3.77. The van der Waals surface area contributed by atoms with E-state index in [1.165, 1.54) is 17.2 Å². The van der Waals surface area contributed by atoms with Gasteiger partial charge in [-0.1, -0.05) is 13.3 Å². The van der Waals surface area contributed by atoms with Crippen LogP contribution in [0.1, 0.15) is 46.0 Å². The molecular weight excluding hydrogens is 268 g/mol. The molecule has 116 valence electrons. The molecule has 0 saturated heterocycles. The van der Waals surface area contributed by atoms with Crippen molar-refractivity contribution < 1.29 is 4.79 Å². The van der Waals surface area contributed by atoms with Crippen molar-refractivity contribution in [1.82, 2.24) is 15.1 Å². The molecule has 1 aromatic rings. The number of carbonyl (C=O) groups is 1. The molecule has 1 heterocycles. The summed E-state index contributed by atoms with van der Waals surface area (Å²) < 4.78 is 1.19. The molecule has 1 saturated carbocycles. The highest BCUT2D eigenvalue weighted by molar-refractivity contribution is 5.75. The first-order valence-electron chi connectivity index (χ1n) is 7.71. The Hall–Kier alpha value is -1.85. The van der Waals surface area contributed by atoms with Gasteiger partial charge in [-0.05, 0) is 32.6 Å². The van der Waals surface area contributed by atoms with Crippen molar-refractivity contribution in [3.8, 4) is 0 Å². The van der Waals surface area contributed by atoms with Crippen LogP contribution in [0.3, 0.4) is 0 Å². The number of hydrogen-bond donors (Lipinski definition) is 2. The number of nitrogens with one attached hydrogen (secondary N) is 2. The lowest BCUT2D eigenvalue weighted by molar-refractivity contribution is -0.122. The van der Waals surface area contributed by atoms with Crippen molar-refractivity contribution in [2.75, 3.05) is 5.32 Å². The molecule has 1 fully saturated rings. The second-order valence-corrected chi connectivity index (χ2v) is 5.77. The fourth-order valence-corrected chi connectivity index (χ4v) is 2.38. The maximum Gasteiger partial charge on any atom is 0.269 e. The molecule has 6 nitrogen and oxygen atoms in total. The summed E-state index contributed by atoms with van der Waals surface area (Å²) in [5, 5.41) is 10.2. The number of carbonyl (C=O) groups excluding carboxylic acids is 1. The predicted molar refractivity (Wildman–Crippen MR) is 82.3 cm³/mol. The molecule has 1 amide bonds. The lowest BCUT2D eigenvalue weighted by atomic mass is 9.93. The Labute approximate surface area is 124 Å². The molecule has 1 aliphatic carbocycles. The zero-order valence-corrected chi connectivity index (χ0v) is 12.8. The molecule has 2 N–H and O–H groups in total. The zero-order chi connectivity index (χ0) is 15.2. The summed E-state index contributed by atoms with van der Waals surface area (Å²) in [6.07, 6.45) is 7.07. The van der Waals surface area contributed by atoms with E-state index in [9.17, 15) is 9.59 Å². The number of aromatic nitrogens is 2. The molecule has 0 radical (unpaired) electrons. The number of nitrogens with zero attached hydrogens (tertiary/aromatic N) is 2. The highest BCUT2D eigenvalue weighted by Crippen LogP contribution is 2.21. The Bertz CT molecular complexity index is 537. The molecule has 0 aromatic carbocycles. The normalized spacial score (nSPS) is 16.1. The number of hydrogen-bond acceptors (Lipinski definition) is 4. The molecular formula is C15H24N4O2. The van der Waals surface area contributed by atoms with Gasteiger partial charge in [-0.25, -0.2) is 4.68 Å². The summed E-state index contributed by atoms with van der Waals surface area (Å²) in [5.41, 5.74) is 0.485. The minimum absolute atomic E-state index is 0.0312. The SMILES string of the molecule is CCCC(C)NC(=O)Cn1ncc(NC2CCC2)cc1=O. The van der Waals surface area contributed by atoms with E-state index in [-0.39, 0.29) is 24.1 Å². The van der Waals surface area contributed by atoms with Crippen LogP contribution in [0.15, 0.2) is 17.1 Å². The second kappa shape index (κ2) is 7.24. The Morgan fingerprint density at radius 1 is 1.52 bits per heavy atom. The summed E-state index contributed by atoms with van der Waals surface area (Å²) >= 11 is 0. The standard InChI is InChI=1S/C15H24N4O2/c1-3-5-11(2)17-14(20)10-19-15(21)8-13(9-16-19)18-12-6-4-7-12/h8-9,11-12,18H,3-7,10H2,1-2H3,(H,17,20). The van der Waals surface area contributed by atoms with E-state index in [2.05, 4.69) is 22.7 Å². The number of anilines is 1. The van der Waals surface area contributed by atoms with Crippen LogP contribution < -0.4 is 16.2 Å². The molecule has 2 rings (SSSR count). The first kappa shape index (κ1) is 15.5. The van der Waals surface area contributed by atoms with Crippen LogP contribution in [0.4, 0.5) is 5.69 Å². The zero-order valence-electron chi connectivity index (χ0n) is 12.8. The predicted octanol–water partition coefficient (Wildman–Crippen LogP) is 1.51. The van der Waals surface area contributed by atoms with Gasteiger partial charge < -0.3 is 10.6 Å². The van der Waals surface area contributed by atoms with E-state index in [0.717, 1.165) is 31.4 Å². The van der Waals surface area contributed by atoms with Gasteiger partial charge in [-0.15, -0.1) is 0 Å². The fraction of sp³-hybridized carbons (Fsp3) is 0.667. The Kier molecular flexibility index (Phi) is 5.36. The van der Waals surface area contributed by atoms with E-state index < -0.39 is 0 Å². The molecule has 0 bridgehead atoms.